The topological polar surface area (TPSA) is 9.23 Å². The molecule has 0 spiro atoms. The maximum absolute atomic E-state index is 6.15. The highest BCUT2D eigenvalue weighted by molar-refractivity contribution is 7.15. The fraction of sp³-hybridized carbons (Fsp3) is 0.412. The molecular formula is C17H21ClOS. The molecule has 20 heavy (non-hydrogen) atoms. The number of hydrogen-bond donors (Lipinski definition) is 0. The van der Waals surface area contributed by atoms with Gasteiger partial charge in [-0.2, -0.15) is 0 Å². The monoisotopic (exact) mass is 308 g/mol. The van der Waals surface area contributed by atoms with E-state index in [0.29, 0.717) is 0 Å². The Morgan fingerprint density at radius 2 is 1.90 bits per heavy atom. The van der Waals surface area contributed by atoms with Gasteiger partial charge in [0.25, 0.3) is 0 Å². The number of halogens is 1. The Kier molecular flexibility index (Phi) is 4.77. The highest BCUT2D eigenvalue weighted by Gasteiger charge is 2.18. The van der Waals surface area contributed by atoms with E-state index in [9.17, 15) is 0 Å². The number of thiophene rings is 1. The summed E-state index contributed by atoms with van der Waals surface area (Å²) in [4.78, 5) is 2.58. The van der Waals surface area contributed by atoms with Crippen molar-refractivity contribution in [3.05, 3.63) is 40.2 Å². The lowest BCUT2D eigenvalue weighted by Crippen LogP contribution is -2.07. The highest BCUT2D eigenvalue weighted by Crippen LogP contribution is 2.40. The van der Waals surface area contributed by atoms with Crippen LogP contribution in [0, 0.1) is 0 Å². The van der Waals surface area contributed by atoms with E-state index in [1.54, 1.807) is 0 Å². The molecule has 0 aliphatic heterocycles. The van der Waals surface area contributed by atoms with Gasteiger partial charge < -0.3 is 4.74 Å². The smallest absolute Gasteiger partial charge is 0.128 e. The van der Waals surface area contributed by atoms with Gasteiger partial charge in [0, 0.05) is 20.3 Å². The normalized spacial score (nSPS) is 11.7. The first kappa shape index (κ1) is 15.4. The average Bonchev–Trinajstić information content (AvgIpc) is 2.86. The van der Waals surface area contributed by atoms with Crippen molar-refractivity contribution in [3.63, 3.8) is 0 Å². The van der Waals surface area contributed by atoms with Crippen LogP contribution in [0.1, 0.15) is 39.0 Å². The summed E-state index contributed by atoms with van der Waals surface area (Å²) >= 11 is 7.96. The predicted molar refractivity (Wildman–Crippen MR) is 89.3 cm³/mol. The van der Waals surface area contributed by atoms with Crippen molar-refractivity contribution >= 4 is 22.9 Å². The zero-order valence-corrected chi connectivity index (χ0v) is 14.1. The van der Waals surface area contributed by atoms with Gasteiger partial charge in [0.1, 0.15) is 5.75 Å². The zero-order valence-electron chi connectivity index (χ0n) is 12.5. The van der Waals surface area contributed by atoms with E-state index in [0.717, 1.165) is 29.4 Å². The summed E-state index contributed by atoms with van der Waals surface area (Å²) in [5, 5.41) is 0.745. The lowest BCUT2D eigenvalue weighted by Gasteiger charge is -2.15. The number of benzene rings is 1. The fourth-order valence-corrected chi connectivity index (χ4v) is 3.18. The van der Waals surface area contributed by atoms with Crippen molar-refractivity contribution in [2.45, 2.75) is 39.5 Å². The van der Waals surface area contributed by atoms with E-state index >= 15 is 0 Å². The van der Waals surface area contributed by atoms with Crippen molar-refractivity contribution in [1.82, 2.24) is 0 Å². The van der Waals surface area contributed by atoms with Gasteiger partial charge in [0.2, 0.25) is 0 Å². The minimum absolute atomic E-state index is 0.173. The van der Waals surface area contributed by atoms with Crippen molar-refractivity contribution < 1.29 is 4.74 Å². The number of ether oxygens (including phenoxy) is 1. The van der Waals surface area contributed by atoms with Crippen molar-refractivity contribution in [2.75, 3.05) is 6.61 Å². The highest BCUT2D eigenvalue weighted by atomic mass is 35.5. The molecule has 108 valence electrons. The van der Waals surface area contributed by atoms with Crippen LogP contribution in [0.5, 0.6) is 5.75 Å². The molecule has 0 radical (unpaired) electrons. The van der Waals surface area contributed by atoms with Gasteiger partial charge in [-0.25, -0.2) is 0 Å². The van der Waals surface area contributed by atoms with Crippen LogP contribution in [0.4, 0.5) is 0 Å². The van der Waals surface area contributed by atoms with Gasteiger partial charge in [-0.3, -0.25) is 0 Å². The van der Waals surface area contributed by atoms with Crippen LogP contribution < -0.4 is 4.74 Å². The molecule has 0 atom stereocenters. The first-order valence-electron chi connectivity index (χ1n) is 6.95. The van der Waals surface area contributed by atoms with Crippen LogP contribution >= 0.6 is 22.9 Å². The Morgan fingerprint density at radius 1 is 1.15 bits per heavy atom. The molecule has 3 heteroatoms. The minimum Gasteiger partial charge on any atom is -0.493 e. The van der Waals surface area contributed by atoms with E-state index < -0.39 is 0 Å². The summed E-state index contributed by atoms with van der Waals surface area (Å²) in [5.74, 6) is 0.915. The van der Waals surface area contributed by atoms with E-state index in [2.05, 4.69) is 39.8 Å². The lowest BCUT2D eigenvalue weighted by atomic mass is 9.95. The first-order valence-corrected chi connectivity index (χ1v) is 8.14. The fourth-order valence-electron chi connectivity index (χ4n) is 1.92. The molecule has 0 amide bonds. The molecule has 1 heterocycles. The Hall–Kier alpha value is -0.990. The van der Waals surface area contributed by atoms with Crippen molar-refractivity contribution in [1.29, 1.82) is 0 Å². The summed E-state index contributed by atoms with van der Waals surface area (Å²) in [5.41, 5.74) is 1.26. The summed E-state index contributed by atoms with van der Waals surface area (Å²) in [6, 6.07) is 10.2. The van der Waals surface area contributed by atoms with Crippen LogP contribution in [0.15, 0.2) is 30.3 Å². The standard InChI is InChI=1S/C17H21ClOS/c1-5-10-19-14-7-6-12(18)11-13(14)15-8-9-16(20-15)17(2,3)4/h6-9,11H,5,10H2,1-4H3. The average molecular weight is 309 g/mol. The van der Waals surface area contributed by atoms with E-state index in [1.165, 1.54) is 9.75 Å². The third-order valence-electron chi connectivity index (χ3n) is 3.01. The van der Waals surface area contributed by atoms with Gasteiger partial charge >= 0.3 is 0 Å². The molecular weight excluding hydrogens is 288 g/mol. The van der Waals surface area contributed by atoms with Crippen LogP contribution in [0.3, 0.4) is 0 Å². The van der Waals surface area contributed by atoms with E-state index in [4.69, 9.17) is 16.3 Å². The van der Waals surface area contributed by atoms with Crippen LogP contribution in [-0.4, -0.2) is 6.61 Å². The van der Waals surface area contributed by atoms with Gasteiger partial charge in [-0.1, -0.05) is 39.3 Å². The third kappa shape index (κ3) is 3.56. The second kappa shape index (κ2) is 6.19. The molecule has 2 rings (SSSR count). The van der Waals surface area contributed by atoms with E-state index in [-0.39, 0.29) is 5.41 Å². The van der Waals surface area contributed by atoms with Crippen LogP contribution in [0.25, 0.3) is 10.4 Å². The molecule has 1 aromatic heterocycles. The number of hydrogen-bond acceptors (Lipinski definition) is 2. The maximum atomic E-state index is 6.15. The SMILES string of the molecule is CCCOc1ccc(Cl)cc1-c1ccc(C(C)(C)C)s1. The molecule has 0 saturated heterocycles. The summed E-state index contributed by atoms with van der Waals surface area (Å²) in [7, 11) is 0. The molecule has 0 N–H and O–H groups in total. The quantitative estimate of drug-likeness (QED) is 0.657. The molecule has 0 bridgehead atoms. The molecule has 2 aromatic rings. The molecule has 0 aliphatic carbocycles. The Morgan fingerprint density at radius 3 is 2.50 bits per heavy atom. The summed E-state index contributed by atoms with van der Waals surface area (Å²) < 4.78 is 5.84. The summed E-state index contributed by atoms with van der Waals surface area (Å²) in [6.45, 7) is 9.53. The van der Waals surface area contributed by atoms with Crippen LogP contribution in [0.2, 0.25) is 5.02 Å². The van der Waals surface area contributed by atoms with Gasteiger partial charge in [-0.05, 0) is 42.2 Å². The zero-order chi connectivity index (χ0) is 14.8. The second-order valence-electron chi connectivity index (χ2n) is 5.90. The molecule has 0 unspecified atom stereocenters. The Bertz CT molecular complexity index is 581. The van der Waals surface area contributed by atoms with Crippen molar-refractivity contribution in [2.24, 2.45) is 0 Å². The van der Waals surface area contributed by atoms with Gasteiger partial charge in [0.05, 0.1) is 6.61 Å². The molecule has 0 fully saturated rings. The van der Waals surface area contributed by atoms with E-state index in [1.807, 2.05) is 29.5 Å². The molecule has 1 aromatic carbocycles. The van der Waals surface area contributed by atoms with Gasteiger partial charge in [0.15, 0.2) is 0 Å². The Labute approximate surface area is 130 Å². The molecule has 0 aliphatic rings. The first-order chi connectivity index (χ1) is 9.41. The van der Waals surface area contributed by atoms with Crippen molar-refractivity contribution in [3.8, 4) is 16.2 Å². The Balaban J connectivity index is 2.40. The lowest BCUT2D eigenvalue weighted by molar-refractivity contribution is 0.319. The van der Waals surface area contributed by atoms with Crippen LogP contribution in [-0.2, 0) is 5.41 Å². The third-order valence-corrected chi connectivity index (χ3v) is 4.79. The number of rotatable bonds is 4. The van der Waals surface area contributed by atoms with Gasteiger partial charge in [-0.15, -0.1) is 11.3 Å². The predicted octanol–water partition coefficient (Wildman–Crippen LogP) is 6.15. The molecule has 1 nitrogen and oxygen atoms in total. The molecule has 0 saturated carbocycles. The minimum atomic E-state index is 0.173. The second-order valence-corrected chi connectivity index (χ2v) is 7.42. The maximum Gasteiger partial charge on any atom is 0.128 e. The largest absolute Gasteiger partial charge is 0.493 e. The summed E-state index contributed by atoms with van der Waals surface area (Å²) in [6.07, 6.45) is 1.000.